The molecular weight excluding hydrogens is 258 g/mol. The van der Waals surface area contributed by atoms with Crippen molar-refractivity contribution in [1.82, 2.24) is 4.98 Å². The molecule has 21 heavy (non-hydrogen) atoms. The normalized spacial score (nSPS) is 12.5. The number of hydrogen-bond acceptors (Lipinski definition) is 2. The van der Waals surface area contributed by atoms with Gasteiger partial charge in [0.25, 0.3) is 0 Å². The third-order valence-electron chi connectivity index (χ3n) is 3.67. The second-order valence-electron chi connectivity index (χ2n) is 5.64. The van der Waals surface area contributed by atoms with E-state index in [2.05, 4.69) is 37.0 Å². The summed E-state index contributed by atoms with van der Waals surface area (Å²) in [7, 11) is 0. The molecule has 106 valence electrons. The average molecular weight is 277 g/mol. The Labute approximate surface area is 125 Å². The lowest BCUT2D eigenvalue weighted by atomic mass is 10.0. The number of pyridine rings is 1. The molecule has 3 rings (SSSR count). The first-order valence-electron chi connectivity index (χ1n) is 7.23. The quantitative estimate of drug-likeness (QED) is 0.781. The lowest BCUT2D eigenvalue weighted by Gasteiger charge is -2.12. The van der Waals surface area contributed by atoms with Crippen LogP contribution >= 0.6 is 0 Å². The third kappa shape index (κ3) is 3.11. The molecule has 2 aromatic carbocycles. The zero-order chi connectivity index (χ0) is 14.8. The maximum atomic E-state index is 10.5. The summed E-state index contributed by atoms with van der Waals surface area (Å²) in [5, 5.41) is 11.5. The average Bonchev–Trinajstić information content (AvgIpc) is 2.45. The second-order valence-corrected chi connectivity index (χ2v) is 5.64. The topological polar surface area (TPSA) is 33.1 Å². The van der Waals surface area contributed by atoms with Crippen molar-refractivity contribution in [2.24, 2.45) is 0 Å². The summed E-state index contributed by atoms with van der Waals surface area (Å²) < 4.78 is 0. The zero-order valence-corrected chi connectivity index (χ0v) is 12.4. The van der Waals surface area contributed by atoms with Crippen LogP contribution in [0.15, 0.2) is 54.6 Å². The lowest BCUT2D eigenvalue weighted by molar-refractivity contribution is 0.174. The van der Waals surface area contributed by atoms with E-state index in [0.29, 0.717) is 6.42 Å². The van der Waals surface area contributed by atoms with Gasteiger partial charge < -0.3 is 5.11 Å². The van der Waals surface area contributed by atoms with Crippen LogP contribution in [0.5, 0.6) is 0 Å². The molecule has 0 aliphatic rings. The Morgan fingerprint density at radius 3 is 2.43 bits per heavy atom. The molecular formula is C19H19NO. The van der Waals surface area contributed by atoms with E-state index in [0.717, 1.165) is 22.2 Å². The molecule has 1 aromatic heterocycles. The number of aliphatic hydroxyl groups is 1. The molecule has 0 bridgehead atoms. The van der Waals surface area contributed by atoms with Crippen molar-refractivity contribution in [1.29, 1.82) is 0 Å². The molecule has 0 aliphatic heterocycles. The van der Waals surface area contributed by atoms with Crippen LogP contribution in [0.3, 0.4) is 0 Å². The van der Waals surface area contributed by atoms with Crippen molar-refractivity contribution in [3.63, 3.8) is 0 Å². The second kappa shape index (κ2) is 5.66. The van der Waals surface area contributed by atoms with Crippen LogP contribution in [-0.2, 0) is 6.42 Å². The summed E-state index contributed by atoms with van der Waals surface area (Å²) in [6.45, 7) is 4.16. The Bertz CT molecular complexity index is 759. The van der Waals surface area contributed by atoms with Gasteiger partial charge in [-0.1, -0.05) is 53.6 Å². The van der Waals surface area contributed by atoms with Crippen LogP contribution in [0.2, 0.25) is 0 Å². The lowest BCUT2D eigenvalue weighted by Crippen LogP contribution is -2.04. The van der Waals surface area contributed by atoms with Crippen molar-refractivity contribution in [2.45, 2.75) is 26.4 Å². The van der Waals surface area contributed by atoms with Gasteiger partial charge >= 0.3 is 0 Å². The minimum Gasteiger partial charge on any atom is -0.386 e. The highest BCUT2D eigenvalue weighted by Crippen LogP contribution is 2.21. The van der Waals surface area contributed by atoms with E-state index in [1.54, 1.807) is 0 Å². The first kappa shape index (κ1) is 13.8. The highest BCUT2D eigenvalue weighted by molar-refractivity contribution is 5.78. The third-order valence-corrected chi connectivity index (χ3v) is 3.67. The van der Waals surface area contributed by atoms with Gasteiger partial charge in [-0.2, -0.15) is 0 Å². The number of para-hydroxylation sites is 1. The molecule has 0 radical (unpaired) electrons. The van der Waals surface area contributed by atoms with E-state index in [-0.39, 0.29) is 0 Å². The van der Waals surface area contributed by atoms with Gasteiger partial charge in [0.1, 0.15) is 0 Å². The van der Waals surface area contributed by atoms with Gasteiger partial charge in [-0.25, -0.2) is 0 Å². The summed E-state index contributed by atoms with van der Waals surface area (Å²) in [5.74, 6) is 0. The van der Waals surface area contributed by atoms with Gasteiger partial charge in [-0.15, -0.1) is 0 Å². The fourth-order valence-electron chi connectivity index (χ4n) is 2.78. The summed E-state index contributed by atoms with van der Waals surface area (Å²) in [5.41, 5.74) is 5.25. The van der Waals surface area contributed by atoms with Crippen LogP contribution in [0.1, 0.15) is 28.5 Å². The number of fused-ring (bicyclic) bond motifs is 1. The number of aromatic nitrogens is 1. The van der Waals surface area contributed by atoms with Crippen LogP contribution in [0.4, 0.5) is 0 Å². The minimum absolute atomic E-state index is 0.573. The van der Waals surface area contributed by atoms with Crippen molar-refractivity contribution in [2.75, 3.05) is 0 Å². The molecule has 2 nitrogen and oxygen atoms in total. The van der Waals surface area contributed by atoms with Gasteiger partial charge in [0.05, 0.1) is 17.3 Å². The van der Waals surface area contributed by atoms with E-state index in [9.17, 15) is 5.11 Å². The molecule has 0 aliphatic carbocycles. The number of benzene rings is 2. The largest absolute Gasteiger partial charge is 0.386 e. The van der Waals surface area contributed by atoms with Crippen LogP contribution in [-0.4, -0.2) is 10.1 Å². The maximum Gasteiger partial charge on any atom is 0.1000 e. The molecule has 0 amide bonds. The van der Waals surface area contributed by atoms with Crippen molar-refractivity contribution in [3.8, 4) is 0 Å². The minimum atomic E-state index is -0.573. The highest BCUT2D eigenvalue weighted by atomic mass is 16.3. The summed E-state index contributed by atoms with van der Waals surface area (Å²) in [4.78, 5) is 4.57. The molecule has 0 fully saturated rings. The number of nitrogens with zero attached hydrogens (tertiary/aromatic N) is 1. The van der Waals surface area contributed by atoms with Gasteiger partial charge in [-0.05, 0) is 31.5 Å². The molecule has 0 saturated carbocycles. The maximum absolute atomic E-state index is 10.5. The van der Waals surface area contributed by atoms with Crippen molar-refractivity contribution < 1.29 is 5.11 Å². The number of rotatable bonds is 3. The Morgan fingerprint density at radius 2 is 1.67 bits per heavy atom. The van der Waals surface area contributed by atoms with Crippen LogP contribution in [0, 0.1) is 13.8 Å². The summed E-state index contributed by atoms with van der Waals surface area (Å²) in [6, 6.07) is 18.3. The van der Waals surface area contributed by atoms with Crippen LogP contribution in [0.25, 0.3) is 10.9 Å². The van der Waals surface area contributed by atoms with Crippen molar-refractivity contribution in [3.05, 3.63) is 77.0 Å². The summed E-state index contributed by atoms with van der Waals surface area (Å²) in [6.07, 6.45) is 0.0178. The number of hydrogen-bond donors (Lipinski definition) is 1. The van der Waals surface area contributed by atoms with E-state index in [1.807, 2.05) is 36.4 Å². The Balaban J connectivity index is 1.87. The molecule has 0 spiro atoms. The predicted octanol–water partition coefficient (Wildman–Crippen LogP) is 4.13. The van der Waals surface area contributed by atoms with E-state index in [1.165, 1.54) is 11.1 Å². The van der Waals surface area contributed by atoms with E-state index < -0.39 is 6.10 Å². The van der Waals surface area contributed by atoms with E-state index >= 15 is 0 Å². The van der Waals surface area contributed by atoms with Gasteiger partial charge in [0.2, 0.25) is 0 Å². The summed E-state index contributed by atoms with van der Waals surface area (Å²) >= 11 is 0. The number of aryl methyl sites for hydroxylation is 2. The predicted molar refractivity (Wildman–Crippen MR) is 86.3 cm³/mol. The van der Waals surface area contributed by atoms with E-state index in [4.69, 9.17) is 0 Å². The Morgan fingerprint density at radius 1 is 0.952 bits per heavy atom. The van der Waals surface area contributed by atoms with Gasteiger partial charge in [-0.3, -0.25) is 4.98 Å². The fraction of sp³-hybridized carbons (Fsp3) is 0.211. The molecule has 1 heterocycles. The molecule has 1 atom stereocenters. The zero-order valence-electron chi connectivity index (χ0n) is 12.4. The Hall–Kier alpha value is -2.19. The van der Waals surface area contributed by atoms with Gasteiger partial charge in [0, 0.05) is 11.8 Å². The monoisotopic (exact) mass is 277 g/mol. The molecule has 0 saturated heterocycles. The van der Waals surface area contributed by atoms with Crippen LogP contribution < -0.4 is 0 Å². The smallest absolute Gasteiger partial charge is 0.1000 e. The molecule has 1 N–H and O–H groups in total. The van der Waals surface area contributed by atoms with Gasteiger partial charge in [0.15, 0.2) is 0 Å². The SMILES string of the molecule is Cc1cc(C)cc(CC(O)c2ccc3ccccc3n2)c1. The fourth-order valence-corrected chi connectivity index (χ4v) is 2.78. The first-order valence-corrected chi connectivity index (χ1v) is 7.23. The highest BCUT2D eigenvalue weighted by Gasteiger charge is 2.11. The number of aliphatic hydroxyl groups excluding tert-OH is 1. The molecule has 2 heteroatoms. The molecule has 1 unspecified atom stereocenters. The Kier molecular flexibility index (Phi) is 3.72. The standard InChI is InChI=1S/C19H19NO/c1-13-9-14(2)11-15(10-13)12-19(21)18-8-7-16-5-3-4-6-17(16)20-18/h3-11,19,21H,12H2,1-2H3. The van der Waals surface area contributed by atoms with Crippen molar-refractivity contribution >= 4 is 10.9 Å². The molecule has 3 aromatic rings. The first-order chi connectivity index (χ1) is 10.1.